The summed E-state index contributed by atoms with van der Waals surface area (Å²) in [5.74, 6) is 0.209. The normalized spacial score (nSPS) is 18.5. The van der Waals surface area contributed by atoms with Gasteiger partial charge in [0.2, 0.25) is 5.91 Å². The fourth-order valence-corrected chi connectivity index (χ4v) is 3.28. The zero-order chi connectivity index (χ0) is 12.8. The largest absolute Gasteiger partial charge is 0.347 e. The molecule has 0 aliphatic carbocycles. The molecule has 0 atom stereocenters. The van der Waals surface area contributed by atoms with Crippen LogP contribution in [0.25, 0.3) is 10.9 Å². The molecule has 4 heteroatoms. The average molecular weight is 255 g/mol. The van der Waals surface area contributed by atoms with Gasteiger partial charge in [-0.1, -0.05) is 18.2 Å². The lowest BCUT2D eigenvalue weighted by Crippen LogP contribution is -2.47. The lowest BCUT2D eigenvalue weighted by Gasteiger charge is -2.27. The van der Waals surface area contributed by atoms with Crippen LogP contribution in [0.4, 0.5) is 0 Å². The van der Waals surface area contributed by atoms with Crippen LogP contribution in [0.2, 0.25) is 0 Å². The number of rotatable bonds is 2. The van der Waals surface area contributed by atoms with E-state index < -0.39 is 0 Å². The standard InChI is InChI=1S/C15H17N3O/c19-14-8-16-5-7-17(14)9-12-10-18-6-4-11-2-1-3-13(12)15(11)18/h1-3,10,16H,4-9H2. The van der Waals surface area contributed by atoms with Crippen LogP contribution < -0.4 is 5.32 Å². The first kappa shape index (κ1) is 11.1. The molecule has 0 spiro atoms. The van der Waals surface area contributed by atoms with Crippen LogP contribution in [0.3, 0.4) is 0 Å². The van der Waals surface area contributed by atoms with Crippen LogP contribution in [-0.2, 0) is 24.3 Å². The molecule has 1 aromatic heterocycles. The van der Waals surface area contributed by atoms with E-state index in [4.69, 9.17) is 0 Å². The summed E-state index contributed by atoms with van der Waals surface area (Å²) in [5.41, 5.74) is 4.10. The van der Waals surface area contributed by atoms with E-state index in [0.29, 0.717) is 6.54 Å². The first-order chi connectivity index (χ1) is 9.33. The summed E-state index contributed by atoms with van der Waals surface area (Å²) in [5, 5.41) is 4.44. The molecule has 0 unspecified atom stereocenters. The van der Waals surface area contributed by atoms with Crippen molar-refractivity contribution in [2.24, 2.45) is 0 Å². The molecule has 1 amide bonds. The number of benzene rings is 1. The zero-order valence-corrected chi connectivity index (χ0v) is 10.9. The summed E-state index contributed by atoms with van der Waals surface area (Å²) >= 11 is 0. The highest BCUT2D eigenvalue weighted by Gasteiger charge is 2.22. The quantitative estimate of drug-likeness (QED) is 0.873. The topological polar surface area (TPSA) is 37.3 Å². The highest BCUT2D eigenvalue weighted by molar-refractivity contribution is 5.88. The molecule has 2 aliphatic heterocycles. The Balaban J connectivity index is 1.72. The van der Waals surface area contributed by atoms with E-state index in [1.807, 2.05) is 4.90 Å². The number of nitrogens with one attached hydrogen (secondary N) is 1. The minimum Gasteiger partial charge on any atom is -0.347 e. The number of hydrogen-bond donors (Lipinski definition) is 1. The third kappa shape index (κ3) is 1.67. The van der Waals surface area contributed by atoms with E-state index in [1.54, 1.807) is 0 Å². The molecule has 1 fully saturated rings. The van der Waals surface area contributed by atoms with Crippen molar-refractivity contribution in [3.05, 3.63) is 35.5 Å². The predicted molar refractivity (Wildman–Crippen MR) is 73.9 cm³/mol. The van der Waals surface area contributed by atoms with Crippen molar-refractivity contribution in [1.29, 1.82) is 0 Å². The fourth-order valence-electron chi connectivity index (χ4n) is 3.28. The Hall–Kier alpha value is -1.81. The third-order valence-electron chi connectivity index (χ3n) is 4.24. The average Bonchev–Trinajstić information content (AvgIpc) is 2.99. The van der Waals surface area contributed by atoms with Gasteiger partial charge in [-0.05, 0) is 17.5 Å². The SMILES string of the molecule is O=C1CNCCN1Cc1cn2c3c(cccc13)CC2. The molecular weight excluding hydrogens is 238 g/mol. The number of nitrogens with zero attached hydrogens (tertiary/aromatic N) is 2. The molecule has 0 bridgehead atoms. The highest BCUT2D eigenvalue weighted by Crippen LogP contribution is 2.30. The number of aromatic nitrogens is 1. The monoisotopic (exact) mass is 255 g/mol. The van der Waals surface area contributed by atoms with Gasteiger partial charge in [-0.3, -0.25) is 4.79 Å². The summed E-state index contributed by atoms with van der Waals surface area (Å²) in [6.45, 7) is 4.00. The van der Waals surface area contributed by atoms with Crippen molar-refractivity contribution in [3.63, 3.8) is 0 Å². The molecule has 0 saturated carbocycles. The summed E-state index contributed by atoms with van der Waals surface area (Å²) < 4.78 is 2.34. The Morgan fingerprint density at radius 2 is 2.21 bits per heavy atom. The highest BCUT2D eigenvalue weighted by atomic mass is 16.2. The number of carbonyl (C=O) groups is 1. The lowest BCUT2D eigenvalue weighted by atomic mass is 10.1. The summed E-state index contributed by atoms with van der Waals surface area (Å²) in [7, 11) is 0. The summed E-state index contributed by atoms with van der Waals surface area (Å²) in [4.78, 5) is 13.8. The number of hydrogen-bond acceptors (Lipinski definition) is 2. The summed E-state index contributed by atoms with van der Waals surface area (Å²) in [6.07, 6.45) is 3.37. The second kappa shape index (κ2) is 4.10. The van der Waals surface area contributed by atoms with Crippen LogP contribution in [0.5, 0.6) is 0 Å². The van der Waals surface area contributed by atoms with Crippen LogP contribution in [0.15, 0.2) is 24.4 Å². The van der Waals surface area contributed by atoms with Crippen molar-refractivity contribution in [1.82, 2.24) is 14.8 Å². The minimum atomic E-state index is 0.209. The van der Waals surface area contributed by atoms with Crippen molar-refractivity contribution < 1.29 is 4.79 Å². The fraction of sp³-hybridized carbons (Fsp3) is 0.400. The van der Waals surface area contributed by atoms with Gasteiger partial charge in [-0.25, -0.2) is 0 Å². The van der Waals surface area contributed by atoms with Gasteiger partial charge in [0.05, 0.1) is 12.1 Å². The van der Waals surface area contributed by atoms with Gasteiger partial charge in [-0.15, -0.1) is 0 Å². The van der Waals surface area contributed by atoms with Crippen LogP contribution in [0.1, 0.15) is 11.1 Å². The predicted octanol–water partition coefficient (Wildman–Crippen LogP) is 1.13. The second-order valence-corrected chi connectivity index (χ2v) is 5.40. The number of aryl methyl sites for hydroxylation is 2. The maximum Gasteiger partial charge on any atom is 0.236 e. The molecule has 4 rings (SSSR count). The van der Waals surface area contributed by atoms with Gasteiger partial charge in [0.1, 0.15) is 0 Å². The summed E-state index contributed by atoms with van der Waals surface area (Å²) in [6, 6.07) is 6.53. The number of piperazine rings is 1. The molecule has 1 saturated heterocycles. The molecule has 2 aromatic rings. The van der Waals surface area contributed by atoms with E-state index in [0.717, 1.165) is 32.6 Å². The van der Waals surface area contributed by atoms with E-state index >= 15 is 0 Å². The maximum atomic E-state index is 11.9. The molecule has 1 aromatic carbocycles. The van der Waals surface area contributed by atoms with Gasteiger partial charge in [0, 0.05) is 37.8 Å². The molecule has 98 valence electrons. The van der Waals surface area contributed by atoms with Gasteiger partial charge < -0.3 is 14.8 Å². The Labute approximate surface area is 112 Å². The Morgan fingerprint density at radius 3 is 3.11 bits per heavy atom. The van der Waals surface area contributed by atoms with E-state index in [9.17, 15) is 4.79 Å². The molecule has 2 aliphatic rings. The first-order valence-electron chi connectivity index (χ1n) is 6.91. The lowest BCUT2D eigenvalue weighted by molar-refractivity contribution is -0.132. The van der Waals surface area contributed by atoms with Crippen LogP contribution in [-0.4, -0.2) is 35.0 Å². The van der Waals surface area contributed by atoms with Crippen molar-refractivity contribution in [3.8, 4) is 0 Å². The molecule has 0 radical (unpaired) electrons. The smallest absolute Gasteiger partial charge is 0.236 e. The molecular formula is C15H17N3O. The molecule has 3 heterocycles. The Morgan fingerprint density at radius 1 is 1.26 bits per heavy atom. The number of para-hydroxylation sites is 1. The molecule has 1 N–H and O–H groups in total. The molecule has 19 heavy (non-hydrogen) atoms. The van der Waals surface area contributed by atoms with E-state index in [-0.39, 0.29) is 5.91 Å². The second-order valence-electron chi connectivity index (χ2n) is 5.40. The van der Waals surface area contributed by atoms with Gasteiger partial charge in [0.25, 0.3) is 0 Å². The minimum absolute atomic E-state index is 0.209. The number of carbonyl (C=O) groups excluding carboxylic acids is 1. The zero-order valence-electron chi connectivity index (χ0n) is 10.9. The van der Waals surface area contributed by atoms with Crippen molar-refractivity contribution >= 4 is 16.8 Å². The van der Waals surface area contributed by atoms with E-state index in [2.05, 4.69) is 34.3 Å². The van der Waals surface area contributed by atoms with Gasteiger partial charge in [-0.2, -0.15) is 0 Å². The van der Waals surface area contributed by atoms with Crippen LogP contribution >= 0.6 is 0 Å². The Bertz CT molecular complexity index is 659. The van der Waals surface area contributed by atoms with Gasteiger partial charge in [0.15, 0.2) is 0 Å². The van der Waals surface area contributed by atoms with E-state index in [1.165, 1.54) is 22.0 Å². The van der Waals surface area contributed by atoms with Gasteiger partial charge >= 0.3 is 0 Å². The third-order valence-corrected chi connectivity index (χ3v) is 4.24. The van der Waals surface area contributed by atoms with Crippen LogP contribution in [0, 0.1) is 0 Å². The van der Waals surface area contributed by atoms with Crippen molar-refractivity contribution in [2.75, 3.05) is 19.6 Å². The number of amides is 1. The van der Waals surface area contributed by atoms with Crippen molar-refractivity contribution in [2.45, 2.75) is 19.5 Å². The maximum absolute atomic E-state index is 11.9. The molecule has 4 nitrogen and oxygen atoms in total. The first-order valence-corrected chi connectivity index (χ1v) is 6.91. The Kier molecular flexibility index (Phi) is 2.38.